The molecule has 0 spiro atoms. The first-order valence-corrected chi connectivity index (χ1v) is 9.85. The van der Waals surface area contributed by atoms with Gasteiger partial charge in [-0.3, -0.25) is 9.55 Å². The molecule has 0 amide bonds. The third kappa shape index (κ3) is 3.12. The molecule has 9 heteroatoms. The van der Waals surface area contributed by atoms with Crippen LogP contribution in [0, 0.1) is 6.92 Å². The summed E-state index contributed by atoms with van der Waals surface area (Å²) in [6.45, 7) is 8.62. The summed E-state index contributed by atoms with van der Waals surface area (Å²) in [5.74, 6) is 4.23. The van der Waals surface area contributed by atoms with Crippen LogP contribution < -0.4 is 19.3 Å². The number of aryl methyl sites for hydroxylation is 1. The SMILES string of the molecule is CCn1c(-c2ccc3c(c2)OCO3)nnc1N1CCN(c2nccnc2C)CC1. The van der Waals surface area contributed by atoms with E-state index in [1.807, 2.05) is 25.1 Å². The lowest BCUT2D eigenvalue weighted by molar-refractivity contribution is 0.174. The van der Waals surface area contributed by atoms with Crippen LogP contribution in [-0.4, -0.2) is 57.7 Å². The van der Waals surface area contributed by atoms with Crippen LogP contribution in [0.5, 0.6) is 11.5 Å². The molecule has 0 radical (unpaired) electrons. The molecule has 2 aromatic heterocycles. The van der Waals surface area contributed by atoms with Crippen molar-refractivity contribution in [3.05, 3.63) is 36.3 Å². The number of ether oxygens (including phenoxy) is 2. The summed E-state index contributed by atoms with van der Waals surface area (Å²) < 4.78 is 13.1. The Morgan fingerprint density at radius 2 is 1.69 bits per heavy atom. The van der Waals surface area contributed by atoms with Crippen molar-refractivity contribution >= 4 is 11.8 Å². The van der Waals surface area contributed by atoms with E-state index < -0.39 is 0 Å². The van der Waals surface area contributed by atoms with E-state index in [4.69, 9.17) is 9.47 Å². The predicted molar refractivity (Wildman–Crippen MR) is 108 cm³/mol. The molecule has 5 rings (SSSR count). The number of anilines is 2. The number of piperazine rings is 1. The molecule has 1 fully saturated rings. The van der Waals surface area contributed by atoms with Gasteiger partial charge in [-0.1, -0.05) is 0 Å². The molecule has 4 heterocycles. The molecule has 0 aliphatic carbocycles. The third-order valence-corrected chi connectivity index (χ3v) is 5.40. The molecule has 1 aromatic carbocycles. The van der Waals surface area contributed by atoms with Gasteiger partial charge in [0.05, 0.1) is 5.69 Å². The molecule has 3 aromatic rings. The number of benzene rings is 1. The Bertz CT molecular complexity index is 1030. The molecule has 0 atom stereocenters. The van der Waals surface area contributed by atoms with Gasteiger partial charge in [0.2, 0.25) is 12.7 Å². The molecular weight excluding hydrogens is 370 g/mol. The van der Waals surface area contributed by atoms with E-state index in [2.05, 4.69) is 41.5 Å². The van der Waals surface area contributed by atoms with E-state index in [0.717, 1.165) is 73.1 Å². The first-order valence-electron chi connectivity index (χ1n) is 9.85. The van der Waals surface area contributed by atoms with Crippen LogP contribution in [0.25, 0.3) is 11.4 Å². The number of aromatic nitrogens is 5. The lowest BCUT2D eigenvalue weighted by Gasteiger charge is -2.36. The van der Waals surface area contributed by atoms with E-state index in [1.54, 1.807) is 12.4 Å². The fourth-order valence-electron chi connectivity index (χ4n) is 3.90. The van der Waals surface area contributed by atoms with Crippen molar-refractivity contribution < 1.29 is 9.47 Å². The summed E-state index contributed by atoms with van der Waals surface area (Å²) >= 11 is 0. The molecule has 2 aliphatic rings. The quantitative estimate of drug-likeness (QED) is 0.667. The Balaban J connectivity index is 1.37. The average Bonchev–Trinajstić information content (AvgIpc) is 3.40. The highest BCUT2D eigenvalue weighted by molar-refractivity contribution is 5.63. The minimum atomic E-state index is 0.264. The summed E-state index contributed by atoms with van der Waals surface area (Å²) in [6, 6.07) is 5.90. The highest BCUT2D eigenvalue weighted by Gasteiger charge is 2.25. The first-order chi connectivity index (χ1) is 14.2. The Morgan fingerprint density at radius 1 is 0.931 bits per heavy atom. The Hall–Kier alpha value is -3.36. The van der Waals surface area contributed by atoms with E-state index in [1.165, 1.54) is 0 Å². The second-order valence-corrected chi connectivity index (χ2v) is 7.08. The van der Waals surface area contributed by atoms with Crippen molar-refractivity contribution in [1.82, 2.24) is 24.7 Å². The van der Waals surface area contributed by atoms with Gasteiger partial charge in [-0.25, -0.2) is 4.98 Å². The van der Waals surface area contributed by atoms with Crippen molar-refractivity contribution in [2.45, 2.75) is 20.4 Å². The Labute approximate surface area is 168 Å². The second kappa shape index (κ2) is 7.23. The summed E-state index contributed by atoms with van der Waals surface area (Å²) in [7, 11) is 0. The summed E-state index contributed by atoms with van der Waals surface area (Å²) in [6.07, 6.45) is 3.48. The van der Waals surface area contributed by atoms with Gasteiger partial charge in [0, 0.05) is 50.7 Å². The number of nitrogens with zero attached hydrogens (tertiary/aromatic N) is 7. The number of fused-ring (bicyclic) bond motifs is 1. The molecule has 2 aliphatic heterocycles. The highest BCUT2D eigenvalue weighted by Crippen LogP contribution is 2.36. The molecule has 150 valence electrons. The smallest absolute Gasteiger partial charge is 0.231 e. The van der Waals surface area contributed by atoms with E-state index in [0.29, 0.717) is 0 Å². The maximum atomic E-state index is 5.51. The molecule has 1 saturated heterocycles. The molecule has 0 bridgehead atoms. The summed E-state index contributed by atoms with van der Waals surface area (Å²) in [5, 5.41) is 9.00. The number of hydrogen-bond donors (Lipinski definition) is 0. The van der Waals surface area contributed by atoms with Crippen LogP contribution in [0.2, 0.25) is 0 Å². The van der Waals surface area contributed by atoms with Gasteiger partial charge < -0.3 is 19.3 Å². The van der Waals surface area contributed by atoms with Gasteiger partial charge in [0.1, 0.15) is 5.82 Å². The third-order valence-electron chi connectivity index (χ3n) is 5.40. The maximum Gasteiger partial charge on any atom is 0.231 e. The van der Waals surface area contributed by atoms with Gasteiger partial charge >= 0.3 is 0 Å². The van der Waals surface area contributed by atoms with Gasteiger partial charge in [0.15, 0.2) is 17.3 Å². The fraction of sp³-hybridized carbons (Fsp3) is 0.400. The van der Waals surface area contributed by atoms with E-state index >= 15 is 0 Å². The monoisotopic (exact) mass is 393 g/mol. The Morgan fingerprint density at radius 3 is 2.48 bits per heavy atom. The van der Waals surface area contributed by atoms with Crippen molar-refractivity contribution in [1.29, 1.82) is 0 Å². The lowest BCUT2D eigenvalue weighted by atomic mass is 10.2. The van der Waals surface area contributed by atoms with Gasteiger partial charge in [-0.2, -0.15) is 0 Å². The second-order valence-electron chi connectivity index (χ2n) is 7.08. The molecule has 0 unspecified atom stereocenters. The largest absolute Gasteiger partial charge is 0.454 e. The van der Waals surface area contributed by atoms with Crippen LogP contribution in [0.4, 0.5) is 11.8 Å². The standard InChI is InChI=1S/C20H23N7O2/c1-3-27-19(15-4-5-16-17(12-15)29-13-28-16)23-24-20(27)26-10-8-25(9-11-26)18-14(2)21-6-7-22-18/h4-7,12H,3,8-11,13H2,1-2H3. The topological polar surface area (TPSA) is 81.4 Å². The maximum absolute atomic E-state index is 5.51. The lowest BCUT2D eigenvalue weighted by Crippen LogP contribution is -2.48. The van der Waals surface area contributed by atoms with Crippen molar-refractivity contribution in [3.8, 4) is 22.9 Å². The minimum Gasteiger partial charge on any atom is -0.454 e. The minimum absolute atomic E-state index is 0.264. The zero-order valence-corrected chi connectivity index (χ0v) is 16.6. The molecule has 0 N–H and O–H groups in total. The van der Waals surface area contributed by atoms with Gasteiger partial charge in [-0.05, 0) is 32.0 Å². The highest BCUT2D eigenvalue weighted by atomic mass is 16.7. The van der Waals surface area contributed by atoms with Crippen LogP contribution in [0.1, 0.15) is 12.6 Å². The molecule has 0 saturated carbocycles. The molecule has 29 heavy (non-hydrogen) atoms. The average molecular weight is 393 g/mol. The van der Waals surface area contributed by atoms with E-state index in [9.17, 15) is 0 Å². The number of hydrogen-bond acceptors (Lipinski definition) is 8. The van der Waals surface area contributed by atoms with Crippen LogP contribution in [0.3, 0.4) is 0 Å². The van der Waals surface area contributed by atoms with Gasteiger partial charge in [0.25, 0.3) is 0 Å². The van der Waals surface area contributed by atoms with Crippen LogP contribution >= 0.6 is 0 Å². The summed E-state index contributed by atoms with van der Waals surface area (Å²) in [5.41, 5.74) is 1.94. The fourth-order valence-corrected chi connectivity index (χ4v) is 3.90. The molecular formula is C20H23N7O2. The Kier molecular flexibility index (Phi) is 4.42. The first kappa shape index (κ1) is 17.7. The van der Waals surface area contributed by atoms with Crippen LogP contribution in [-0.2, 0) is 6.54 Å². The molecule has 9 nitrogen and oxygen atoms in total. The normalized spacial score (nSPS) is 15.8. The summed E-state index contributed by atoms with van der Waals surface area (Å²) in [4.78, 5) is 13.4. The predicted octanol–water partition coefficient (Wildman–Crippen LogP) is 2.12. The zero-order chi connectivity index (χ0) is 19.8. The van der Waals surface area contributed by atoms with Crippen molar-refractivity contribution in [2.75, 3.05) is 42.8 Å². The van der Waals surface area contributed by atoms with E-state index in [-0.39, 0.29) is 6.79 Å². The van der Waals surface area contributed by atoms with Crippen LogP contribution in [0.15, 0.2) is 30.6 Å². The number of rotatable bonds is 4. The van der Waals surface area contributed by atoms with Crippen molar-refractivity contribution in [2.24, 2.45) is 0 Å². The zero-order valence-electron chi connectivity index (χ0n) is 16.6. The van der Waals surface area contributed by atoms with Gasteiger partial charge in [-0.15, -0.1) is 10.2 Å². The van der Waals surface area contributed by atoms with Crippen molar-refractivity contribution in [3.63, 3.8) is 0 Å².